The molecule has 25 heavy (non-hydrogen) atoms. The molecule has 1 heterocycles. The van der Waals surface area contributed by atoms with Crippen LogP contribution < -0.4 is 0 Å². The zero-order valence-corrected chi connectivity index (χ0v) is 16.3. The van der Waals surface area contributed by atoms with E-state index in [4.69, 9.17) is 6.20 Å². The molecule has 0 radical (unpaired) electrons. The summed E-state index contributed by atoms with van der Waals surface area (Å²) in [7, 11) is 0. The average molecular weight is 450 g/mol. The summed E-state index contributed by atoms with van der Waals surface area (Å²) in [6, 6.07) is 19.2. The van der Waals surface area contributed by atoms with Gasteiger partial charge in [0.25, 0.3) is 0 Å². The molecule has 0 unspecified atom stereocenters. The molecule has 4 nitrogen and oxygen atoms in total. The van der Waals surface area contributed by atoms with Crippen LogP contribution in [0, 0.1) is 0 Å². The van der Waals surface area contributed by atoms with Crippen LogP contribution in [-0.2, 0) is 15.8 Å². The Labute approximate surface area is 151 Å². The Bertz CT molecular complexity index is 780. The molecule has 128 valence electrons. The van der Waals surface area contributed by atoms with Crippen LogP contribution in [0.25, 0.3) is 7.24 Å². The quantitative estimate of drug-likeness (QED) is 0.666. The topological polar surface area (TPSA) is 52.6 Å². The van der Waals surface area contributed by atoms with Gasteiger partial charge in [-0.2, -0.15) is 0 Å². The molecule has 0 spiro atoms. The number of allylic oxidation sites excluding steroid dienone is 2. The van der Waals surface area contributed by atoms with Crippen LogP contribution in [0.1, 0.15) is 25.0 Å². The molecule has 5 heteroatoms. The third kappa shape index (κ3) is 3.53. The zero-order valence-electron chi connectivity index (χ0n) is 14.0. The van der Waals surface area contributed by atoms with E-state index in [0.717, 1.165) is 18.4 Å². The van der Waals surface area contributed by atoms with Crippen LogP contribution in [0.15, 0.2) is 72.8 Å². The van der Waals surface area contributed by atoms with E-state index in [1.807, 2.05) is 72.8 Å². The molecule has 0 saturated carbocycles. The van der Waals surface area contributed by atoms with Crippen molar-refractivity contribution in [2.24, 2.45) is 0 Å². The summed E-state index contributed by atoms with van der Waals surface area (Å²) in [6.45, 7) is 2.70. The van der Waals surface area contributed by atoms with E-state index in [-0.39, 0.29) is 0 Å². The monoisotopic (exact) mass is 452 g/mol. The Morgan fingerprint density at radius 2 is 1.04 bits per heavy atom. The number of hydrogen-bond acceptors (Lipinski definition) is 4. The van der Waals surface area contributed by atoms with Gasteiger partial charge in [0.15, 0.2) is 0 Å². The van der Waals surface area contributed by atoms with E-state index in [2.05, 4.69) is 0 Å². The molecule has 0 N–H and O–H groups in total. The number of benzene rings is 2. The van der Waals surface area contributed by atoms with E-state index in [0.29, 0.717) is 0 Å². The third-order valence-corrected chi connectivity index (χ3v) is 11.7. The van der Waals surface area contributed by atoms with E-state index >= 15 is 0 Å². The number of carbonyl (C=O) groups excluding carboxylic acids is 2. The molecular formula is C20H18O4Te. The van der Waals surface area contributed by atoms with Crippen LogP contribution in [0.4, 0.5) is 0 Å². The molecule has 0 fully saturated rings. The normalized spacial score (nSPS) is 16.4. The molecule has 0 bridgehead atoms. The first-order valence-electron chi connectivity index (χ1n) is 7.79. The Morgan fingerprint density at radius 1 is 0.680 bits per heavy atom. The summed E-state index contributed by atoms with van der Waals surface area (Å²) < 4.78 is 13.2. The second-order valence-corrected chi connectivity index (χ2v) is 11.8. The summed E-state index contributed by atoms with van der Waals surface area (Å²) >= 11 is -4.17. The van der Waals surface area contributed by atoms with E-state index in [1.54, 1.807) is 0 Å². The molecule has 0 aromatic heterocycles. The predicted octanol–water partition coefficient (Wildman–Crippen LogP) is 3.81. The van der Waals surface area contributed by atoms with Crippen molar-refractivity contribution in [2.45, 2.75) is 13.8 Å². The molecule has 3 rings (SSSR count). The maximum absolute atomic E-state index is 11.9. The Balaban J connectivity index is 2.17. The van der Waals surface area contributed by atoms with Gasteiger partial charge in [-0.05, 0) is 0 Å². The van der Waals surface area contributed by atoms with Crippen molar-refractivity contribution in [3.63, 3.8) is 0 Å². The van der Waals surface area contributed by atoms with Crippen LogP contribution >= 0.6 is 0 Å². The van der Waals surface area contributed by atoms with Gasteiger partial charge in [0.1, 0.15) is 0 Å². The molecule has 1 aliphatic rings. The van der Waals surface area contributed by atoms with Crippen molar-refractivity contribution in [1.82, 2.24) is 0 Å². The fourth-order valence-corrected chi connectivity index (χ4v) is 10.3. The van der Waals surface area contributed by atoms with Gasteiger partial charge in [0.05, 0.1) is 0 Å². The van der Waals surface area contributed by atoms with Gasteiger partial charge in [-0.1, -0.05) is 0 Å². The first-order chi connectivity index (χ1) is 12.0. The van der Waals surface area contributed by atoms with Crippen molar-refractivity contribution in [1.29, 1.82) is 0 Å². The number of rotatable bonds is 4. The van der Waals surface area contributed by atoms with E-state index in [1.165, 1.54) is 13.8 Å². The summed E-state index contributed by atoms with van der Waals surface area (Å²) in [4.78, 5) is 23.8. The fraction of sp³-hybridized carbons (Fsp3) is 0.100. The van der Waals surface area contributed by atoms with Gasteiger partial charge in [0, 0.05) is 0 Å². The van der Waals surface area contributed by atoms with Crippen LogP contribution in [-0.4, -0.2) is 30.9 Å². The minimum absolute atomic E-state index is 0.451. The summed E-state index contributed by atoms with van der Waals surface area (Å²) in [5.74, 6) is -0.902. The van der Waals surface area contributed by atoms with Crippen molar-refractivity contribution >= 4 is 38.2 Å². The second kappa shape index (κ2) is 7.26. The molecular weight excluding hydrogens is 432 g/mol. The van der Waals surface area contributed by atoms with Gasteiger partial charge in [-0.3, -0.25) is 0 Å². The summed E-state index contributed by atoms with van der Waals surface area (Å²) in [5.41, 5.74) is 1.79. The van der Waals surface area contributed by atoms with Gasteiger partial charge >= 0.3 is 152 Å². The van der Waals surface area contributed by atoms with Gasteiger partial charge in [-0.15, -0.1) is 0 Å². The number of carbonyl (C=O) groups is 2. The molecule has 1 aliphatic heterocycles. The first kappa shape index (κ1) is 17.5. The second-order valence-electron chi connectivity index (χ2n) is 5.45. The average Bonchev–Trinajstić information content (AvgIpc) is 2.93. The van der Waals surface area contributed by atoms with Gasteiger partial charge in [-0.25, -0.2) is 0 Å². The Morgan fingerprint density at radius 3 is 1.36 bits per heavy atom. The third-order valence-electron chi connectivity index (χ3n) is 3.55. The molecule has 0 aliphatic carbocycles. The summed E-state index contributed by atoms with van der Waals surface area (Å²) in [6.07, 6.45) is 3.81. The van der Waals surface area contributed by atoms with Crippen molar-refractivity contribution in [3.05, 3.63) is 83.9 Å². The molecule has 0 saturated heterocycles. The SMILES string of the molecule is CC(=O)O[Te]1(OC(C)=O)C(c2ccccc2)=CC=C1c1ccccc1. The molecule has 2 aromatic rings. The zero-order chi connectivity index (χ0) is 17.9. The van der Waals surface area contributed by atoms with Crippen LogP contribution in [0.3, 0.4) is 0 Å². The van der Waals surface area contributed by atoms with Crippen LogP contribution in [0.2, 0.25) is 0 Å². The Kier molecular flexibility index (Phi) is 5.08. The van der Waals surface area contributed by atoms with Crippen LogP contribution in [0.5, 0.6) is 0 Å². The van der Waals surface area contributed by atoms with Crippen molar-refractivity contribution < 1.29 is 15.8 Å². The number of hydrogen-bond donors (Lipinski definition) is 0. The standard InChI is InChI=1S/C20H18O4Te/c1-15(21)23-25(24-16(2)22)19(17-9-5-3-6-10-17)13-14-20(25)18-11-7-4-8-12-18/h3-14H,1-2H3. The molecule has 0 amide bonds. The minimum atomic E-state index is -4.17. The van der Waals surface area contributed by atoms with Crippen molar-refractivity contribution in [2.75, 3.05) is 0 Å². The van der Waals surface area contributed by atoms with Gasteiger partial charge in [0.2, 0.25) is 0 Å². The fourth-order valence-electron chi connectivity index (χ4n) is 2.68. The van der Waals surface area contributed by atoms with E-state index < -0.39 is 30.9 Å². The molecule has 0 atom stereocenters. The first-order valence-corrected chi connectivity index (χ1v) is 12.0. The summed E-state index contributed by atoms with van der Waals surface area (Å²) in [5, 5.41) is 0. The van der Waals surface area contributed by atoms with E-state index in [9.17, 15) is 9.59 Å². The van der Waals surface area contributed by atoms with Gasteiger partial charge < -0.3 is 0 Å². The molecule has 2 aromatic carbocycles. The Hall–Kier alpha value is -2.35. The maximum atomic E-state index is 11.9. The predicted molar refractivity (Wildman–Crippen MR) is 98.1 cm³/mol. The van der Waals surface area contributed by atoms with Crippen molar-refractivity contribution in [3.8, 4) is 0 Å².